The van der Waals surface area contributed by atoms with Crippen LogP contribution in [0.3, 0.4) is 0 Å². The molecular weight excluding hydrogens is 546 g/mol. The monoisotopic (exact) mass is 554 g/mol. The van der Waals surface area contributed by atoms with Crippen LogP contribution in [-0.4, -0.2) is 47.5 Å². The van der Waals surface area contributed by atoms with Gasteiger partial charge in [0.05, 0.1) is 31.2 Å². The molecule has 0 aliphatic carbocycles. The molecule has 0 N–H and O–H groups in total. The minimum Gasteiger partial charge on any atom is -0.277 e. The van der Waals surface area contributed by atoms with Gasteiger partial charge < -0.3 is 0 Å². The standard InChI is InChI=1S/C26H10Cl4N2O4/c1-31-23(33)9-5-3-7-8-4-6-10-14-12(8)16(20(28)22(30)18(14)26(36)32(2)24(10)34)15-11(7)13(9)17(25(31)35)21(29)19(15)27/h3-6H,1-2H3. The number of amides is 4. The van der Waals surface area contributed by atoms with Gasteiger partial charge in [-0.1, -0.05) is 58.5 Å². The first-order valence-corrected chi connectivity index (χ1v) is 12.2. The number of carbonyl (C=O) groups excluding carboxylic acids is 4. The van der Waals surface area contributed by atoms with E-state index in [0.717, 1.165) is 9.80 Å². The van der Waals surface area contributed by atoms with Crippen LogP contribution in [0.5, 0.6) is 0 Å². The molecule has 10 heteroatoms. The second-order valence-corrected chi connectivity index (χ2v) is 10.4. The fourth-order valence-electron chi connectivity index (χ4n) is 5.68. The summed E-state index contributed by atoms with van der Waals surface area (Å²) in [5.74, 6) is -2.07. The number of fused-ring (bicyclic) bond motifs is 2. The summed E-state index contributed by atoms with van der Waals surface area (Å²) in [6.07, 6.45) is 0. The third kappa shape index (κ3) is 2.24. The largest absolute Gasteiger partial charge is 0.277 e. The summed E-state index contributed by atoms with van der Waals surface area (Å²) < 4.78 is 0. The number of nitrogens with zero attached hydrogens (tertiary/aromatic N) is 2. The fourth-order valence-corrected chi connectivity index (χ4v) is 6.79. The van der Waals surface area contributed by atoms with Gasteiger partial charge in [-0.3, -0.25) is 29.0 Å². The van der Waals surface area contributed by atoms with Gasteiger partial charge in [0.15, 0.2) is 0 Å². The normalized spacial score (nSPS) is 15.6. The third-order valence-corrected chi connectivity index (χ3v) is 9.03. The molecule has 176 valence electrons. The van der Waals surface area contributed by atoms with Gasteiger partial charge in [-0.2, -0.15) is 0 Å². The molecule has 36 heavy (non-hydrogen) atoms. The fraction of sp³-hybridized carbons (Fsp3) is 0.0769. The summed E-state index contributed by atoms with van der Waals surface area (Å²) in [4.78, 5) is 54.4. The number of halogens is 4. The molecule has 0 spiro atoms. The number of imide groups is 2. The summed E-state index contributed by atoms with van der Waals surface area (Å²) in [5, 5.41) is 4.00. The lowest BCUT2D eigenvalue weighted by Gasteiger charge is -2.29. The quantitative estimate of drug-likeness (QED) is 0.120. The summed E-state index contributed by atoms with van der Waals surface area (Å²) in [6, 6.07) is 6.80. The molecule has 0 unspecified atom stereocenters. The van der Waals surface area contributed by atoms with E-state index in [0.29, 0.717) is 54.2 Å². The van der Waals surface area contributed by atoms with Crippen molar-refractivity contribution in [2.24, 2.45) is 0 Å². The van der Waals surface area contributed by atoms with Crippen LogP contribution >= 0.6 is 46.4 Å². The highest BCUT2D eigenvalue weighted by molar-refractivity contribution is 6.58. The van der Waals surface area contributed by atoms with Gasteiger partial charge in [-0.05, 0) is 22.9 Å². The highest BCUT2D eigenvalue weighted by Crippen LogP contribution is 2.54. The van der Waals surface area contributed by atoms with Crippen LogP contribution in [0.2, 0.25) is 20.1 Å². The van der Waals surface area contributed by atoms with Crippen molar-refractivity contribution in [3.8, 4) is 0 Å². The zero-order valence-electron chi connectivity index (χ0n) is 18.3. The molecule has 0 aromatic heterocycles. The van der Waals surface area contributed by atoms with Crippen molar-refractivity contribution >= 4 is 113 Å². The Labute approximate surface area is 222 Å². The molecule has 0 saturated heterocycles. The smallest absolute Gasteiger partial charge is 0.262 e. The minimum absolute atomic E-state index is 0.0232. The molecule has 5 aromatic rings. The van der Waals surface area contributed by atoms with E-state index in [1.165, 1.54) is 14.1 Å². The maximum Gasteiger partial charge on any atom is 0.262 e. The van der Waals surface area contributed by atoms with E-state index in [2.05, 4.69) is 0 Å². The van der Waals surface area contributed by atoms with Crippen molar-refractivity contribution in [2.45, 2.75) is 0 Å². The van der Waals surface area contributed by atoms with Crippen molar-refractivity contribution in [3.05, 3.63) is 66.6 Å². The molecule has 7 rings (SSSR count). The third-order valence-electron chi connectivity index (χ3n) is 7.32. The number of hydrogen-bond acceptors (Lipinski definition) is 4. The first kappa shape index (κ1) is 22.1. The van der Waals surface area contributed by atoms with Crippen LogP contribution in [-0.2, 0) is 0 Å². The van der Waals surface area contributed by atoms with E-state index in [1.54, 1.807) is 24.3 Å². The Bertz CT molecular complexity index is 1860. The Morgan fingerprint density at radius 1 is 0.472 bits per heavy atom. The Kier molecular flexibility index (Phi) is 4.16. The first-order valence-electron chi connectivity index (χ1n) is 10.7. The zero-order chi connectivity index (χ0) is 25.5. The van der Waals surface area contributed by atoms with E-state index in [9.17, 15) is 19.2 Å². The maximum atomic E-state index is 13.1. The van der Waals surface area contributed by atoms with Crippen molar-refractivity contribution in [2.75, 3.05) is 14.1 Å². The summed E-state index contributed by atoms with van der Waals surface area (Å²) in [7, 11) is 2.77. The second kappa shape index (κ2) is 6.78. The molecule has 0 atom stereocenters. The molecule has 2 heterocycles. The van der Waals surface area contributed by atoms with E-state index < -0.39 is 23.6 Å². The highest BCUT2D eigenvalue weighted by atomic mass is 35.5. The van der Waals surface area contributed by atoms with Crippen LogP contribution in [0.25, 0.3) is 43.1 Å². The van der Waals surface area contributed by atoms with Crippen LogP contribution in [0.4, 0.5) is 0 Å². The predicted molar refractivity (Wildman–Crippen MR) is 141 cm³/mol. The van der Waals surface area contributed by atoms with E-state index in [1.807, 2.05) is 0 Å². The van der Waals surface area contributed by atoms with E-state index >= 15 is 0 Å². The van der Waals surface area contributed by atoms with Gasteiger partial charge in [0.1, 0.15) is 0 Å². The van der Waals surface area contributed by atoms with Gasteiger partial charge in [-0.15, -0.1) is 0 Å². The lowest BCUT2D eigenvalue weighted by Crippen LogP contribution is -2.37. The lowest BCUT2D eigenvalue weighted by molar-refractivity contribution is 0.0635. The average Bonchev–Trinajstić information content (AvgIpc) is 2.87. The second-order valence-electron chi connectivity index (χ2n) is 8.92. The van der Waals surface area contributed by atoms with Crippen LogP contribution < -0.4 is 0 Å². The molecule has 6 nitrogen and oxygen atoms in total. The Hall–Kier alpha value is -3.16. The van der Waals surface area contributed by atoms with Gasteiger partial charge in [-0.25, -0.2) is 0 Å². The SMILES string of the molecule is CN1C(=O)c2ccc3c4ccc5c6c(c(Cl)c(Cl)c(c7c(Cl)c(Cl)c(c2c37)C1=O)c64)C(=O)N(C)C5=O. The molecule has 5 aromatic carbocycles. The average molecular weight is 556 g/mol. The van der Waals surface area contributed by atoms with E-state index in [4.69, 9.17) is 46.4 Å². The Morgan fingerprint density at radius 2 is 0.833 bits per heavy atom. The van der Waals surface area contributed by atoms with Crippen LogP contribution in [0, 0.1) is 0 Å². The Balaban J connectivity index is 1.88. The topological polar surface area (TPSA) is 74.8 Å². The molecule has 0 bridgehead atoms. The van der Waals surface area contributed by atoms with Gasteiger partial charge >= 0.3 is 0 Å². The molecule has 4 amide bonds. The molecule has 2 aliphatic heterocycles. The summed E-state index contributed by atoms with van der Waals surface area (Å²) >= 11 is 27.1. The number of carbonyl (C=O) groups is 4. The summed E-state index contributed by atoms with van der Waals surface area (Å²) in [6.45, 7) is 0. The van der Waals surface area contributed by atoms with E-state index in [-0.39, 0.29) is 31.2 Å². The Morgan fingerprint density at radius 3 is 1.19 bits per heavy atom. The number of benzene rings is 5. The highest BCUT2D eigenvalue weighted by Gasteiger charge is 2.39. The lowest BCUT2D eigenvalue weighted by atomic mass is 9.82. The molecule has 2 aliphatic rings. The van der Waals surface area contributed by atoms with Crippen LogP contribution in [0.1, 0.15) is 41.4 Å². The van der Waals surface area contributed by atoms with Crippen molar-refractivity contribution in [1.29, 1.82) is 0 Å². The number of rotatable bonds is 0. The maximum absolute atomic E-state index is 13.1. The van der Waals surface area contributed by atoms with Gasteiger partial charge in [0, 0.05) is 57.5 Å². The molecule has 0 radical (unpaired) electrons. The number of hydrogen-bond donors (Lipinski definition) is 0. The molecule has 0 saturated carbocycles. The van der Waals surface area contributed by atoms with Gasteiger partial charge in [0.2, 0.25) is 0 Å². The predicted octanol–water partition coefficient (Wildman–Crippen LogP) is 6.80. The summed E-state index contributed by atoms with van der Waals surface area (Å²) in [5.41, 5.74) is 0.855. The van der Waals surface area contributed by atoms with Crippen LogP contribution in [0.15, 0.2) is 24.3 Å². The van der Waals surface area contributed by atoms with Crippen molar-refractivity contribution in [3.63, 3.8) is 0 Å². The first-order chi connectivity index (χ1) is 17.1. The van der Waals surface area contributed by atoms with Gasteiger partial charge in [0.25, 0.3) is 23.6 Å². The molecule has 0 fully saturated rings. The minimum atomic E-state index is -0.567. The molecular formula is C26H10Cl4N2O4. The van der Waals surface area contributed by atoms with Crippen molar-refractivity contribution in [1.82, 2.24) is 9.80 Å². The van der Waals surface area contributed by atoms with Crippen molar-refractivity contribution < 1.29 is 19.2 Å². The zero-order valence-corrected chi connectivity index (χ0v) is 21.4.